The molecule has 20 heavy (non-hydrogen) atoms. The monoisotopic (exact) mass is 283 g/mol. The molecule has 0 aliphatic heterocycles. The molecule has 0 bridgehead atoms. The third-order valence-electron chi connectivity index (χ3n) is 3.54. The lowest BCUT2D eigenvalue weighted by atomic mass is 10.0. The second-order valence-corrected chi connectivity index (χ2v) is 6.51. The Morgan fingerprint density at radius 3 is 1.85 bits per heavy atom. The molecular formula is C18H20OP-. The smallest absolute Gasteiger partial charge is 0.00668 e. The van der Waals surface area contributed by atoms with Gasteiger partial charge in [-0.15, -0.1) is 5.48 Å². The second-order valence-electron chi connectivity index (χ2n) is 5.43. The van der Waals surface area contributed by atoms with Gasteiger partial charge in [-0.3, -0.25) is 0 Å². The Morgan fingerprint density at radius 1 is 0.850 bits per heavy atom. The maximum Gasteiger partial charge on any atom is 0.00668 e. The van der Waals surface area contributed by atoms with Crippen LogP contribution in [0.5, 0.6) is 0 Å². The Kier molecular flexibility index (Phi) is 4.42. The zero-order valence-electron chi connectivity index (χ0n) is 12.7. The predicted molar refractivity (Wildman–Crippen MR) is 87.2 cm³/mol. The molecule has 0 heterocycles. The van der Waals surface area contributed by atoms with Gasteiger partial charge in [0.15, 0.2) is 0 Å². The fourth-order valence-corrected chi connectivity index (χ4v) is 3.81. The van der Waals surface area contributed by atoms with Crippen LogP contribution in [0.25, 0.3) is 0 Å². The molecule has 0 radical (unpaired) electrons. The third-order valence-corrected chi connectivity index (χ3v) is 4.90. The topological polar surface area (TPSA) is 23.1 Å². The molecule has 0 saturated heterocycles. The van der Waals surface area contributed by atoms with E-state index in [4.69, 9.17) is 0 Å². The van der Waals surface area contributed by atoms with E-state index in [0.29, 0.717) is 0 Å². The zero-order valence-corrected chi connectivity index (χ0v) is 13.6. The van der Waals surface area contributed by atoms with E-state index in [1.54, 1.807) is 0 Å². The van der Waals surface area contributed by atoms with E-state index >= 15 is 0 Å². The maximum absolute atomic E-state index is 12.6. The molecule has 0 unspecified atom stereocenters. The number of hydrogen-bond acceptors (Lipinski definition) is 1. The Balaban J connectivity index is 2.56. The van der Waals surface area contributed by atoms with Gasteiger partial charge in [0, 0.05) is 5.30 Å². The minimum Gasteiger partial charge on any atom is -0.823 e. The zero-order chi connectivity index (χ0) is 14.9. The molecule has 0 spiro atoms. The predicted octanol–water partition coefficient (Wildman–Crippen LogP) is 3.34. The Labute approximate surface area is 123 Å². The number of aryl methyl sites for hydroxylation is 5. The van der Waals surface area contributed by atoms with Gasteiger partial charge in [-0.2, -0.15) is 0 Å². The molecule has 2 aromatic rings. The normalized spacial score (nSPS) is 11.8. The summed E-state index contributed by atoms with van der Waals surface area (Å²) in [7, 11) is 0.776. The summed E-state index contributed by atoms with van der Waals surface area (Å²) in [4.78, 5) is 0. The van der Waals surface area contributed by atoms with Gasteiger partial charge in [0.1, 0.15) is 0 Å². The first-order valence-electron chi connectivity index (χ1n) is 6.80. The number of hydrogen-bond donors (Lipinski definition) is 0. The van der Waals surface area contributed by atoms with Crippen LogP contribution in [0.2, 0.25) is 0 Å². The molecular weight excluding hydrogens is 263 g/mol. The fraction of sp³-hybridized carbons (Fsp3) is 0.278. The standard InChI is InChI=1S/C18H21OP/c1-11-9-14(4)17(15(5)10-11)20-18(19)16-12(2)7-6-8-13(16)3/h6-10,19H,1-5H3/p-1. The molecule has 1 nitrogen and oxygen atoms in total. The van der Waals surface area contributed by atoms with E-state index in [1.165, 1.54) is 16.7 Å². The van der Waals surface area contributed by atoms with Gasteiger partial charge in [0.25, 0.3) is 0 Å². The first kappa shape index (κ1) is 15.0. The van der Waals surface area contributed by atoms with Gasteiger partial charge in [-0.1, -0.05) is 44.1 Å². The van der Waals surface area contributed by atoms with Crippen molar-refractivity contribution in [3.05, 3.63) is 63.7 Å². The third kappa shape index (κ3) is 3.00. The highest BCUT2D eigenvalue weighted by molar-refractivity contribution is 7.49. The molecule has 0 atom stereocenters. The highest BCUT2D eigenvalue weighted by Gasteiger charge is 2.04. The lowest BCUT2D eigenvalue weighted by Crippen LogP contribution is -2.21. The van der Waals surface area contributed by atoms with Gasteiger partial charge in [0.05, 0.1) is 0 Å². The number of benzene rings is 2. The lowest BCUT2D eigenvalue weighted by Gasteiger charge is -2.19. The molecule has 0 aliphatic carbocycles. The van der Waals surface area contributed by atoms with Crippen molar-refractivity contribution >= 4 is 19.0 Å². The van der Waals surface area contributed by atoms with E-state index in [2.05, 4.69) is 32.9 Å². The Bertz CT molecular complexity index is 641. The van der Waals surface area contributed by atoms with Gasteiger partial charge in [-0.25, -0.2) is 0 Å². The highest BCUT2D eigenvalue weighted by atomic mass is 31.1. The number of rotatable bonds is 2. The van der Waals surface area contributed by atoms with Crippen molar-refractivity contribution in [1.82, 2.24) is 0 Å². The summed E-state index contributed by atoms with van der Waals surface area (Å²) in [5.74, 6) is 0. The van der Waals surface area contributed by atoms with Crippen LogP contribution >= 0.6 is 8.20 Å². The van der Waals surface area contributed by atoms with Gasteiger partial charge >= 0.3 is 0 Å². The summed E-state index contributed by atoms with van der Waals surface area (Å²) in [5.41, 5.74) is 6.82. The van der Waals surface area contributed by atoms with Crippen molar-refractivity contribution in [2.75, 3.05) is 0 Å². The van der Waals surface area contributed by atoms with Crippen molar-refractivity contribution < 1.29 is 5.11 Å². The molecule has 0 aromatic heterocycles. The molecule has 2 aromatic carbocycles. The summed E-state index contributed by atoms with van der Waals surface area (Å²) in [5, 5.41) is 13.8. The molecule has 2 rings (SSSR count). The van der Waals surface area contributed by atoms with E-state index in [0.717, 1.165) is 30.2 Å². The van der Waals surface area contributed by atoms with Gasteiger partial charge in [0.2, 0.25) is 0 Å². The van der Waals surface area contributed by atoms with Crippen LogP contribution in [0.4, 0.5) is 0 Å². The summed E-state index contributed by atoms with van der Waals surface area (Å²) in [6.07, 6.45) is 0. The molecule has 2 heteroatoms. The fourth-order valence-electron chi connectivity index (χ4n) is 2.66. The lowest BCUT2D eigenvalue weighted by molar-refractivity contribution is -0.207. The van der Waals surface area contributed by atoms with E-state index in [-0.39, 0.29) is 5.48 Å². The van der Waals surface area contributed by atoms with E-state index < -0.39 is 0 Å². The molecule has 0 fully saturated rings. The van der Waals surface area contributed by atoms with Crippen molar-refractivity contribution in [3.63, 3.8) is 0 Å². The van der Waals surface area contributed by atoms with Crippen LogP contribution in [0.15, 0.2) is 30.3 Å². The summed E-state index contributed by atoms with van der Waals surface area (Å²) in [6, 6.07) is 10.3. The second kappa shape index (κ2) is 5.91. The van der Waals surface area contributed by atoms with Gasteiger partial charge < -0.3 is 5.11 Å². The average molecular weight is 283 g/mol. The molecule has 0 N–H and O–H groups in total. The van der Waals surface area contributed by atoms with Crippen molar-refractivity contribution in [1.29, 1.82) is 0 Å². The SMILES string of the molecule is Cc1cc(C)c(P=C([O-])c2c(C)cccc2C)c(C)c1. The summed E-state index contributed by atoms with van der Waals surface area (Å²) < 4.78 is 0. The highest BCUT2D eigenvalue weighted by Crippen LogP contribution is 2.19. The molecule has 0 saturated carbocycles. The first-order valence-corrected chi connectivity index (χ1v) is 7.69. The quantitative estimate of drug-likeness (QED) is 0.775. The van der Waals surface area contributed by atoms with Crippen LogP contribution in [-0.4, -0.2) is 5.48 Å². The molecule has 0 aliphatic rings. The average Bonchev–Trinajstić information content (AvgIpc) is 2.33. The van der Waals surface area contributed by atoms with Gasteiger partial charge in [-0.05, 0) is 62.4 Å². The molecule has 0 amide bonds. The Hall–Kier alpha value is -1.43. The van der Waals surface area contributed by atoms with Crippen LogP contribution in [0, 0.1) is 34.6 Å². The summed E-state index contributed by atoms with van der Waals surface area (Å²) >= 11 is 0. The van der Waals surface area contributed by atoms with Crippen LogP contribution in [0.1, 0.15) is 33.4 Å². The van der Waals surface area contributed by atoms with Crippen molar-refractivity contribution in [2.45, 2.75) is 34.6 Å². The minimum absolute atomic E-state index is 0.190. The van der Waals surface area contributed by atoms with Crippen molar-refractivity contribution in [2.24, 2.45) is 0 Å². The Morgan fingerprint density at radius 2 is 1.35 bits per heavy atom. The first-order chi connectivity index (χ1) is 9.40. The largest absolute Gasteiger partial charge is 0.823 e. The summed E-state index contributed by atoms with van der Waals surface area (Å²) in [6.45, 7) is 10.3. The van der Waals surface area contributed by atoms with Crippen molar-refractivity contribution in [3.8, 4) is 0 Å². The van der Waals surface area contributed by atoms with Crippen LogP contribution < -0.4 is 10.4 Å². The van der Waals surface area contributed by atoms with Crippen LogP contribution in [0.3, 0.4) is 0 Å². The minimum atomic E-state index is 0.190. The maximum atomic E-state index is 12.6. The van der Waals surface area contributed by atoms with E-state index in [9.17, 15) is 5.11 Å². The van der Waals surface area contributed by atoms with E-state index in [1.807, 2.05) is 32.0 Å². The molecule has 104 valence electrons. The van der Waals surface area contributed by atoms with Crippen LogP contribution in [-0.2, 0) is 0 Å².